The van der Waals surface area contributed by atoms with E-state index in [9.17, 15) is 13.2 Å². The Labute approximate surface area is 183 Å². The van der Waals surface area contributed by atoms with Crippen LogP contribution in [0.5, 0.6) is 0 Å². The van der Waals surface area contributed by atoms with E-state index >= 15 is 0 Å². The molecule has 0 radical (unpaired) electrons. The van der Waals surface area contributed by atoms with Crippen molar-refractivity contribution in [1.82, 2.24) is 14.3 Å². The first-order valence-corrected chi connectivity index (χ1v) is 11.9. The fourth-order valence-electron chi connectivity index (χ4n) is 3.57. The van der Waals surface area contributed by atoms with Crippen molar-refractivity contribution in [2.75, 3.05) is 13.2 Å². The van der Waals surface area contributed by atoms with Crippen molar-refractivity contribution >= 4 is 36.9 Å². The highest BCUT2D eigenvalue weighted by molar-refractivity contribution is 9.10. The topological polar surface area (TPSA) is 92.4 Å². The van der Waals surface area contributed by atoms with Crippen LogP contribution in [-0.4, -0.2) is 41.9 Å². The molecule has 1 N–H and O–H groups in total. The van der Waals surface area contributed by atoms with Crippen molar-refractivity contribution in [3.8, 4) is 0 Å². The molecule has 0 spiro atoms. The summed E-state index contributed by atoms with van der Waals surface area (Å²) in [5, 5.41) is 0.471. The maximum atomic E-state index is 13.5. The third-order valence-corrected chi connectivity index (χ3v) is 7.88. The summed E-state index contributed by atoms with van der Waals surface area (Å²) in [5.74, 6) is 0.300. The van der Waals surface area contributed by atoms with Crippen molar-refractivity contribution in [2.24, 2.45) is 0 Å². The predicted octanol–water partition coefficient (Wildman–Crippen LogP) is 3.36. The highest BCUT2D eigenvalue weighted by Gasteiger charge is 2.30. The van der Waals surface area contributed by atoms with Crippen LogP contribution in [0.2, 0.25) is 0 Å². The second kappa shape index (κ2) is 8.58. The molecule has 0 saturated carbocycles. The van der Waals surface area contributed by atoms with Crippen molar-refractivity contribution in [3.05, 3.63) is 68.7 Å². The first kappa shape index (κ1) is 21.2. The lowest BCUT2D eigenvalue weighted by Crippen LogP contribution is -2.37. The van der Waals surface area contributed by atoms with Crippen LogP contribution in [0.1, 0.15) is 24.2 Å². The largest absolute Gasteiger partial charge is 0.377 e. The first-order valence-electron chi connectivity index (χ1n) is 9.70. The molecule has 0 bridgehead atoms. The number of nitrogens with zero attached hydrogens (tertiary/aromatic N) is 2. The normalized spacial score (nSPS) is 17.1. The van der Waals surface area contributed by atoms with Crippen LogP contribution < -0.4 is 5.56 Å². The van der Waals surface area contributed by atoms with Gasteiger partial charge in [-0.25, -0.2) is 13.4 Å². The van der Waals surface area contributed by atoms with E-state index in [2.05, 4.69) is 25.9 Å². The molecule has 1 aliphatic rings. The van der Waals surface area contributed by atoms with Crippen molar-refractivity contribution < 1.29 is 13.2 Å². The number of rotatable bonds is 6. The number of nitrogens with one attached hydrogen (secondary N) is 1. The molecule has 158 valence electrons. The molecule has 4 rings (SSSR count). The van der Waals surface area contributed by atoms with Crippen LogP contribution in [0.15, 0.2) is 56.6 Å². The van der Waals surface area contributed by atoms with E-state index in [1.165, 1.54) is 4.31 Å². The molecule has 9 heteroatoms. The molecule has 3 aromatic rings. The van der Waals surface area contributed by atoms with Crippen LogP contribution in [0.25, 0.3) is 10.9 Å². The molecule has 7 nitrogen and oxygen atoms in total. The van der Waals surface area contributed by atoms with Gasteiger partial charge in [0.2, 0.25) is 10.0 Å². The van der Waals surface area contributed by atoms with Crippen molar-refractivity contribution in [1.29, 1.82) is 0 Å². The van der Waals surface area contributed by atoms with Crippen LogP contribution in [-0.2, 0) is 21.3 Å². The average Bonchev–Trinajstić information content (AvgIpc) is 3.23. The third-order valence-electron chi connectivity index (χ3n) is 5.19. The van der Waals surface area contributed by atoms with Crippen LogP contribution in [0.3, 0.4) is 0 Å². The van der Waals surface area contributed by atoms with Crippen LogP contribution in [0.4, 0.5) is 0 Å². The highest BCUT2D eigenvalue weighted by atomic mass is 79.9. The predicted molar refractivity (Wildman–Crippen MR) is 118 cm³/mol. The molecule has 2 aromatic carbocycles. The van der Waals surface area contributed by atoms with Gasteiger partial charge in [0, 0.05) is 17.6 Å². The van der Waals surface area contributed by atoms with Gasteiger partial charge in [0.05, 0.1) is 28.4 Å². The monoisotopic (exact) mass is 491 g/mol. The number of hydrogen-bond acceptors (Lipinski definition) is 5. The van der Waals surface area contributed by atoms with E-state index in [1.54, 1.807) is 42.5 Å². The van der Waals surface area contributed by atoms with Gasteiger partial charge < -0.3 is 9.72 Å². The molecule has 1 saturated heterocycles. The summed E-state index contributed by atoms with van der Waals surface area (Å²) in [6, 6.07) is 11.9. The number of aromatic nitrogens is 2. The van der Waals surface area contributed by atoms with Gasteiger partial charge in [-0.2, -0.15) is 4.31 Å². The summed E-state index contributed by atoms with van der Waals surface area (Å²) in [6.45, 7) is 2.63. The van der Waals surface area contributed by atoms with Crippen LogP contribution in [0, 0.1) is 6.92 Å². The SMILES string of the molecule is Cc1cc(S(=O)(=O)N(Cc2nc3ccccc3c(=O)[nH]2)CC2CCCO2)ccc1Br. The zero-order valence-electron chi connectivity index (χ0n) is 16.5. The van der Waals surface area contributed by atoms with E-state index in [0.29, 0.717) is 23.3 Å². The lowest BCUT2D eigenvalue weighted by atomic mass is 10.2. The molecule has 1 unspecified atom stereocenters. The number of ether oxygens (including phenoxy) is 1. The fraction of sp³-hybridized carbons (Fsp3) is 0.333. The Kier molecular flexibility index (Phi) is 6.06. The summed E-state index contributed by atoms with van der Waals surface area (Å²) >= 11 is 3.41. The van der Waals surface area contributed by atoms with Gasteiger partial charge in [-0.15, -0.1) is 0 Å². The number of H-pyrrole nitrogens is 1. The second-order valence-electron chi connectivity index (χ2n) is 7.37. The summed E-state index contributed by atoms with van der Waals surface area (Å²) in [4.78, 5) is 19.8. The maximum absolute atomic E-state index is 13.5. The number of sulfonamides is 1. The smallest absolute Gasteiger partial charge is 0.258 e. The molecular formula is C21H22BrN3O4S. The summed E-state index contributed by atoms with van der Waals surface area (Å²) in [6.07, 6.45) is 1.53. The van der Waals surface area contributed by atoms with E-state index in [1.807, 2.05) is 6.92 Å². The lowest BCUT2D eigenvalue weighted by Gasteiger charge is -2.24. The Morgan fingerprint density at radius 3 is 2.80 bits per heavy atom. The number of para-hydroxylation sites is 1. The number of hydrogen-bond donors (Lipinski definition) is 1. The molecule has 2 heterocycles. The highest BCUT2D eigenvalue weighted by Crippen LogP contribution is 2.25. The molecule has 30 heavy (non-hydrogen) atoms. The summed E-state index contributed by atoms with van der Waals surface area (Å²) in [5.41, 5.74) is 1.07. The minimum atomic E-state index is -3.82. The lowest BCUT2D eigenvalue weighted by molar-refractivity contribution is 0.0921. The van der Waals surface area contributed by atoms with Gasteiger partial charge in [-0.1, -0.05) is 28.1 Å². The van der Waals surface area contributed by atoms with E-state index in [-0.39, 0.29) is 29.6 Å². The third kappa shape index (κ3) is 4.34. The number of benzene rings is 2. The molecule has 0 aliphatic carbocycles. The zero-order valence-corrected chi connectivity index (χ0v) is 18.9. The number of fused-ring (bicyclic) bond motifs is 1. The fourth-order valence-corrected chi connectivity index (χ4v) is 5.33. The second-order valence-corrected chi connectivity index (χ2v) is 10.2. The molecular weight excluding hydrogens is 470 g/mol. The minimum Gasteiger partial charge on any atom is -0.377 e. The quantitative estimate of drug-likeness (QED) is 0.570. The summed E-state index contributed by atoms with van der Waals surface area (Å²) < 4.78 is 34.8. The molecule has 1 atom stereocenters. The van der Waals surface area contributed by atoms with E-state index < -0.39 is 10.0 Å². The molecule has 1 fully saturated rings. The van der Waals surface area contributed by atoms with Crippen molar-refractivity contribution in [3.63, 3.8) is 0 Å². The zero-order chi connectivity index (χ0) is 21.3. The average molecular weight is 492 g/mol. The number of halogens is 1. The van der Waals surface area contributed by atoms with Gasteiger partial charge in [0.1, 0.15) is 5.82 Å². The van der Waals surface area contributed by atoms with E-state index in [4.69, 9.17) is 4.74 Å². The Morgan fingerprint density at radius 1 is 1.27 bits per heavy atom. The molecule has 1 aromatic heterocycles. The van der Waals surface area contributed by atoms with E-state index in [0.717, 1.165) is 22.9 Å². The summed E-state index contributed by atoms with van der Waals surface area (Å²) in [7, 11) is -3.82. The van der Waals surface area contributed by atoms with Crippen molar-refractivity contribution in [2.45, 2.75) is 37.3 Å². The Balaban J connectivity index is 1.72. The van der Waals surface area contributed by atoms with Crippen LogP contribution >= 0.6 is 15.9 Å². The first-order chi connectivity index (χ1) is 14.3. The number of aryl methyl sites for hydroxylation is 1. The molecule has 0 amide bonds. The van der Waals surface area contributed by atoms with Gasteiger partial charge in [0.15, 0.2) is 0 Å². The maximum Gasteiger partial charge on any atom is 0.258 e. The Morgan fingerprint density at radius 2 is 2.07 bits per heavy atom. The van der Waals surface area contributed by atoms with Gasteiger partial charge in [-0.05, 0) is 55.7 Å². The van der Waals surface area contributed by atoms with Gasteiger partial charge in [-0.3, -0.25) is 4.79 Å². The molecule has 1 aliphatic heterocycles. The van der Waals surface area contributed by atoms with Gasteiger partial charge >= 0.3 is 0 Å². The Hall–Kier alpha value is -2.07. The minimum absolute atomic E-state index is 0.0443. The standard InChI is InChI=1S/C21H22BrN3O4S/c1-14-11-16(8-9-18(14)22)30(27,28)25(12-15-5-4-10-29-15)13-20-23-19-7-3-2-6-17(19)21(26)24-20/h2-3,6-9,11,15H,4-5,10,12-13H2,1H3,(H,23,24,26). The Bertz CT molecular complexity index is 1240. The number of aromatic amines is 1. The van der Waals surface area contributed by atoms with Gasteiger partial charge in [0.25, 0.3) is 5.56 Å².